The van der Waals surface area contributed by atoms with Gasteiger partial charge < -0.3 is 9.80 Å². The number of anilines is 1. The highest BCUT2D eigenvalue weighted by atomic mass is 19.1. The second kappa shape index (κ2) is 6.93. The van der Waals surface area contributed by atoms with Crippen molar-refractivity contribution >= 4 is 5.69 Å². The van der Waals surface area contributed by atoms with E-state index in [2.05, 4.69) is 42.2 Å². The first-order valence-electron chi connectivity index (χ1n) is 8.12. The Kier molecular flexibility index (Phi) is 4.74. The molecule has 1 fully saturated rings. The summed E-state index contributed by atoms with van der Waals surface area (Å²) in [7, 11) is 0. The Morgan fingerprint density at radius 3 is 2.32 bits per heavy atom. The Morgan fingerprint density at radius 2 is 1.64 bits per heavy atom. The molecule has 1 heterocycles. The fourth-order valence-electron chi connectivity index (χ4n) is 3.32. The molecular weight excluding hydrogens is 275 g/mol. The fraction of sp³-hybridized carbons (Fsp3) is 0.368. The number of hydrogen-bond donors (Lipinski definition) is 1. The van der Waals surface area contributed by atoms with E-state index < -0.39 is 0 Å². The molecule has 2 aromatic carbocycles. The molecule has 0 aliphatic carbocycles. The number of quaternary nitrogens is 1. The number of hydrogen-bond acceptors (Lipinski definition) is 1. The summed E-state index contributed by atoms with van der Waals surface area (Å²) in [5.74, 6) is -0.0725. The van der Waals surface area contributed by atoms with Gasteiger partial charge in [-0.05, 0) is 30.7 Å². The SMILES string of the molecule is C[C@@H](Cc1ccccc1F)[NH+]1CCN(c2ccccc2)CC1. The first kappa shape index (κ1) is 15.0. The lowest BCUT2D eigenvalue weighted by Crippen LogP contribution is -3.18. The molecule has 0 amide bonds. The van der Waals surface area contributed by atoms with Gasteiger partial charge in [-0.15, -0.1) is 0 Å². The van der Waals surface area contributed by atoms with Gasteiger partial charge in [0.1, 0.15) is 5.82 Å². The predicted molar refractivity (Wildman–Crippen MR) is 88.9 cm³/mol. The first-order valence-corrected chi connectivity index (χ1v) is 8.12. The van der Waals surface area contributed by atoms with Crippen molar-refractivity contribution in [3.8, 4) is 0 Å². The number of nitrogens with zero attached hydrogens (tertiary/aromatic N) is 1. The third kappa shape index (κ3) is 3.47. The number of para-hydroxylation sites is 1. The van der Waals surface area contributed by atoms with Crippen LogP contribution in [-0.2, 0) is 6.42 Å². The van der Waals surface area contributed by atoms with E-state index in [4.69, 9.17) is 0 Å². The summed E-state index contributed by atoms with van der Waals surface area (Å²) in [5, 5.41) is 0. The third-order valence-electron chi connectivity index (χ3n) is 4.71. The Morgan fingerprint density at radius 1 is 1.00 bits per heavy atom. The van der Waals surface area contributed by atoms with Gasteiger partial charge in [-0.1, -0.05) is 36.4 Å². The molecule has 1 aliphatic heterocycles. The maximum Gasteiger partial charge on any atom is 0.126 e. The van der Waals surface area contributed by atoms with E-state index in [9.17, 15) is 4.39 Å². The maximum atomic E-state index is 13.8. The minimum atomic E-state index is -0.0725. The Labute approximate surface area is 132 Å². The molecular formula is C19H24FN2+. The van der Waals surface area contributed by atoms with Gasteiger partial charge in [0, 0.05) is 12.1 Å². The van der Waals surface area contributed by atoms with Crippen LogP contribution in [0.4, 0.5) is 10.1 Å². The lowest BCUT2D eigenvalue weighted by Gasteiger charge is -2.36. The second-order valence-electron chi connectivity index (χ2n) is 6.18. The van der Waals surface area contributed by atoms with Crippen LogP contribution in [-0.4, -0.2) is 32.2 Å². The van der Waals surface area contributed by atoms with Crippen LogP contribution in [0.5, 0.6) is 0 Å². The number of benzene rings is 2. The van der Waals surface area contributed by atoms with Crippen LogP contribution in [0.1, 0.15) is 12.5 Å². The van der Waals surface area contributed by atoms with Gasteiger partial charge in [-0.2, -0.15) is 0 Å². The van der Waals surface area contributed by atoms with Crippen molar-refractivity contribution < 1.29 is 9.29 Å². The lowest BCUT2D eigenvalue weighted by molar-refractivity contribution is -0.923. The summed E-state index contributed by atoms with van der Waals surface area (Å²) < 4.78 is 13.8. The Balaban J connectivity index is 1.56. The average Bonchev–Trinajstić information content (AvgIpc) is 2.58. The van der Waals surface area contributed by atoms with Crippen molar-refractivity contribution in [3.05, 3.63) is 66.0 Å². The average molecular weight is 299 g/mol. The van der Waals surface area contributed by atoms with Crippen LogP contribution in [0.3, 0.4) is 0 Å². The van der Waals surface area contributed by atoms with Crippen molar-refractivity contribution in [2.45, 2.75) is 19.4 Å². The van der Waals surface area contributed by atoms with Crippen LogP contribution in [0, 0.1) is 5.82 Å². The summed E-state index contributed by atoms with van der Waals surface area (Å²) in [5.41, 5.74) is 2.15. The summed E-state index contributed by atoms with van der Waals surface area (Å²) in [6.45, 7) is 6.61. The highest BCUT2D eigenvalue weighted by Crippen LogP contribution is 2.13. The van der Waals surface area contributed by atoms with Gasteiger partial charge >= 0.3 is 0 Å². The molecule has 1 N–H and O–H groups in total. The van der Waals surface area contributed by atoms with Crippen molar-refractivity contribution in [1.82, 2.24) is 0 Å². The standard InChI is InChI=1S/C19H23FN2/c1-16(15-17-7-5-6-10-19(17)20)21-11-13-22(14-12-21)18-8-3-2-4-9-18/h2-10,16H,11-15H2,1H3/p+1/t16-/m0/s1. The molecule has 0 bridgehead atoms. The summed E-state index contributed by atoms with van der Waals surface area (Å²) >= 11 is 0. The molecule has 0 spiro atoms. The van der Waals surface area contributed by atoms with E-state index in [0.29, 0.717) is 6.04 Å². The van der Waals surface area contributed by atoms with E-state index >= 15 is 0 Å². The largest absolute Gasteiger partial charge is 0.360 e. The molecule has 0 aromatic heterocycles. The minimum Gasteiger partial charge on any atom is -0.360 e. The summed E-state index contributed by atoms with van der Waals surface area (Å²) in [6, 6.07) is 18.2. The molecule has 2 aromatic rings. The van der Waals surface area contributed by atoms with E-state index in [1.54, 1.807) is 17.0 Å². The predicted octanol–water partition coefficient (Wildman–Crippen LogP) is 2.16. The normalized spacial score (nSPS) is 17.5. The fourth-order valence-corrected chi connectivity index (χ4v) is 3.32. The molecule has 3 heteroatoms. The molecule has 116 valence electrons. The van der Waals surface area contributed by atoms with Gasteiger partial charge in [-0.3, -0.25) is 0 Å². The monoisotopic (exact) mass is 299 g/mol. The zero-order valence-corrected chi connectivity index (χ0v) is 13.1. The highest BCUT2D eigenvalue weighted by molar-refractivity contribution is 5.46. The number of rotatable bonds is 4. The highest BCUT2D eigenvalue weighted by Gasteiger charge is 2.25. The molecule has 1 atom stereocenters. The van der Waals surface area contributed by atoms with Gasteiger partial charge in [0.2, 0.25) is 0 Å². The van der Waals surface area contributed by atoms with Crippen LogP contribution in [0.2, 0.25) is 0 Å². The van der Waals surface area contributed by atoms with Crippen molar-refractivity contribution in [1.29, 1.82) is 0 Å². The van der Waals surface area contributed by atoms with Crippen LogP contribution >= 0.6 is 0 Å². The molecule has 0 unspecified atom stereocenters. The van der Waals surface area contributed by atoms with Gasteiger partial charge in [-0.25, -0.2) is 4.39 Å². The molecule has 0 saturated carbocycles. The number of halogens is 1. The molecule has 1 saturated heterocycles. The Bertz CT molecular complexity index is 591. The van der Waals surface area contributed by atoms with Gasteiger partial charge in [0.15, 0.2) is 0 Å². The van der Waals surface area contributed by atoms with E-state index in [-0.39, 0.29) is 5.82 Å². The van der Waals surface area contributed by atoms with E-state index in [1.807, 2.05) is 12.1 Å². The zero-order chi connectivity index (χ0) is 15.4. The quantitative estimate of drug-likeness (QED) is 0.909. The van der Waals surface area contributed by atoms with Crippen LogP contribution in [0.25, 0.3) is 0 Å². The third-order valence-corrected chi connectivity index (χ3v) is 4.71. The molecule has 1 aliphatic rings. The zero-order valence-electron chi connectivity index (χ0n) is 13.1. The first-order chi connectivity index (χ1) is 10.7. The summed E-state index contributed by atoms with van der Waals surface area (Å²) in [4.78, 5) is 4.02. The molecule has 2 nitrogen and oxygen atoms in total. The molecule has 0 radical (unpaired) electrons. The van der Waals surface area contributed by atoms with Crippen LogP contribution in [0.15, 0.2) is 54.6 Å². The molecule has 22 heavy (non-hydrogen) atoms. The van der Waals surface area contributed by atoms with Gasteiger partial charge in [0.25, 0.3) is 0 Å². The minimum absolute atomic E-state index is 0.0725. The van der Waals surface area contributed by atoms with Gasteiger partial charge in [0.05, 0.1) is 32.2 Å². The molecule has 3 rings (SSSR count). The summed E-state index contributed by atoms with van der Waals surface area (Å²) in [6.07, 6.45) is 0.813. The number of piperazine rings is 1. The van der Waals surface area contributed by atoms with E-state index in [1.165, 1.54) is 5.69 Å². The van der Waals surface area contributed by atoms with Crippen LogP contribution < -0.4 is 9.80 Å². The van der Waals surface area contributed by atoms with Crippen molar-refractivity contribution in [2.24, 2.45) is 0 Å². The lowest BCUT2D eigenvalue weighted by atomic mass is 10.0. The maximum absolute atomic E-state index is 13.8. The topological polar surface area (TPSA) is 7.68 Å². The van der Waals surface area contributed by atoms with E-state index in [0.717, 1.165) is 38.2 Å². The Hall–Kier alpha value is -1.87. The smallest absolute Gasteiger partial charge is 0.126 e. The number of nitrogens with one attached hydrogen (secondary N) is 1. The van der Waals surface area contributed by atoms with Crippen molar-refractivity contribution in [2.75, 3.05) is 31.1 Å². The second-order valence-corrected chi connectivity index (χ2v) is 6.18. The van der Waals surface area contributed by atoms with Crippen molar-refractivity contribution in [3.63, 3.8) is 0 Å².